The number of nitrogens with one attached hydrogen (secondary N) is 2. The van der Waals surface area contributed by atoms with Crippen molar-refractivity contribution in [1.82, 2.24) is 10.6 Å². The quantitative estimate of drug-likeness (QED) is 0.914. The Bertz CT molecular complexity index is 761. The van der Waals surface area contributed by atoms with E-state index in [0.717, 1.165) is 38.3 Å². The molecule has 4 rings (SSSR count). The lowest BCUT2D eigenvalue weighted by molar-refractivity contribution is -0.122. The van der Waals surface area contributed by atoms with E-state index in [9.17, 15) is 13.6 Å². The number of carbonyl (C=O) groups excluding carboxylic acids is 1. The number of carbonyl (C=O) groups is 1. The third-order valence-corrected chi connectivity index (χ3v) is 5.20. The second-order valence-electron chi connectivity index (χ2n) is 6.53. The zero-order valence-electron chi connectivity index (χ0n) is 12.6. The molecule has 122 valence electrons. The van der Waals surface area contributed by atoms with Crippen molar-refractivity contribution in [3.8, 4) is 0 Å². The number of furan rings is 1. The van der Waals surface area contributed by atoms with Gasteiger partial charge in [-0.05, 0) is 44.4 Å². The van der Waals surface area contributed by atoms with Crippen molar-refractivity contribution in [1.29, 1.82) is 0 Å². The van der Waals surface area contributed by atoms with Crippen LogP contribution in [0.3, 0.4) is 0 Å². The minimum Gasteiger partial charge on any atom is -0.461 e. The molecule has 1 aromatic heterocycles. The van der Waals surface area contributed by atoms with Crippen LogP contribution in [0.5, 0.6) is 0 Å². The van der Waals surface area contributed by atoms with E-state index in [2.05, 4.69) is 10.6 Å². The predicted octanol–water partition coefficient (Wildman–Crippen LogP) is 2.65. The first-order valence-electron chi connectivity index (χ1n) is 7.97. The molecule has 0 radical (unpaired) electrons. The molecule has 1 aliphatic heterocycles. The number of hydrogen-bond donors (Lipinski definition) is 2. The Morgan fingerprint density at radius 2 is 2.26 bits per heavy atom. The molecule has 6 heteroatoms. The van der Waals surface area contributed by atoms with Crippen LogP contribution < -0.4 is 10.6 Å². The highest BCUT2D eigenvalue weighted by Crippen LogP contribution is 2.36. The van der Waals surface area contributed by atoms with E-state index in [4.69, 9.17) is 4.42 Å². The van der Waals surface area contributed by atoms with E-state index in [1.807, 2.05) is 0 Å². The van der Waals surface area contributed by atoms with Gasteiger partial charge in [-0.1, -0.05) is 0 Å². The summed E-state index contributed by atoms with van der Waals surface area (Å²) in [5.74, 6) is -2.07. The van der Waals surface area contributed by atoms with Gasteiger partial charge in [0, 0.05) is 17.0 Å². The molecule has 2 fully saturated rings. The van der Waals surface area contributed by atoms with Crippen LogP contribution in [0.4, 0.5) is 8.78 Å². The highest BCUT2D eigenvalue weighted by atomic mass is 19.2. The minimum absolute atomic E-state index is 0.104. The largest absolute Gasteiger partial charge is 0.461 e. The Balaban J connectivity index is 1.54. The molecular formula is C17H18F2N2O2. The number of rotatable bonds is 3. The molecule has 2 aromatic rings. The van der Waals surface area contributed by atoms with Crippen molar-refractivity contribution in [3.05, 3.63) is 35.6 Å². The summed E-state index contributed by atoms with van der Waals surface area (Å²) >= 11 is 0. The lowest BCUT2D eigenvalue weighted by Gasteiger charge is -2.30. The predicted molar refractivity (Wildman–Crippen MR) is 81.0 cm³/mol. The van der Waals surface area contributed by atoms with Crippen molar-refractivity contribution in [3.63, 3.8) is 0 Å². The minimum atomic E-state index is -1.01. The maximum atomic E-state index is 13.7. The van der Waals surface area contributed by atoms with Gasteiger partial charge in [-0.3, -0.25) is 4.79 Å². The van der Waals surface area contributed by atoms with Crippen molar-refractivity contribution >= 4 is 16.9 Å². The molecule has 1 saturated heterocycles. The van der Waals surface area contributed by atoms with Gasteiger partial charge in [0.05, 0.1) is 18.2 Å². The van der Waals surface area contributed by atoms with Crippen LogP contribution in [-0.4, -0.2) is 24.0 Å². The van der Waals surface area contributed by atoms with Gasteiger partial charge in [0.1, 0.15) is 0 Å². The number of amides is 1. The van der Waals surface area contributed by atoms with Crippen molar-refractivity contribution in [2.75, 3.05) is 6.54 Å². The summed E-state index contributed by atoms with van der Waals surface area (Å²) in [4.78, 5) is 12.5. The maximum Gasteiger partial charge on any atom is 0.225 e. The SMILES string of the molecule is O=C(Cc1coc2c(F)c(F)ccc12)NC12CCCC1NCC2. The molecule has 0 bridgehead atoms. The van der Waals surface area contributed by atoms with Gasteiger partial charge in [-0.15, -0.1) is 0 Å². The summed E-state index contributed by atoms with van der Waals surface area (Å²) in [7, 11) is 0. The van der Waals surface area contributed by atoms with Crippen LogP contribution in [0.1, 0.15) is 31.2 Å². The molecule has 2 unspecified atom stereocenters. The number of hydrogen-bond acceptors (Lipinski definition) is 3. The van der Waals surface area contributed by atoms with E-state index in [1.165, 1.54) is 12.3 Å². The molecule has 2 heterocycles. The Hall–Kier alpha value is -1.95. The van der Waals surface area contributed by atoms with Crippen molar-refractivity contribution < 1.29 is 18.0 Å². The average molecular weight is 320 g/mol. The molecular weight excluding hydrogens is 302 g/mol. The third kappa shape index (κ3) is 2.32. The van der Waals surface area contributed by atoms with Crippen molar-refractivity contribution in [2.24, 2.45) is 0 Å². The molecule has 1 aliphatic carbocycles. The topological polar surface area (TPSA) is 54.3 Å². The lowest BCUT2D eigenvalue weighted by Crippen LogP contribution is -2.53. The average Bonchev–Trinajstić information content (AvgIpc) is 3.17. The van der Waals surface area contributed by atoms with Gasteiger partial charge < -0.3 is 15.1 Å². The summed E-state index contributed by atoms with van der Waals surface area (Å²) in [6, 6.07) is 2.86. The van der Waals surface area contributed by atoms with E-state index >= 15 is 0 Å². The molecule has 4 nitrogen and oxygen atoms in total. The van der Waals surface area contributed by atoms with Gasteiger partial charge in [-0.2, -0.15) is 4.39 Å². The molecule has 2 atom stereocenters. The van der Waals surface area contributed by atoms with Gasteiger partial charge in [0.25, 0.3) is 0 Å². The summed E-state index contributed by atoms with van der Waals surface area (Å²) < 4.78 is 32.0. The Morgan fingerprint density at radius 1 is 1.39 bits per heavy atom. The van der Waals surface area contributed by atoms with E-state index in [-0.39, 0.29) is 23.4 Å². The van der Waals surface area contributed by atoms with Crippen LogP contribution in [0.25, 0.3) is 11.0 Å². The summed E-state index contributed by atoms with van der Waals surface area (Å²) in [6.07, 6.45) is 5.56. The normalized spacial score (nSPS) is 26.6. The molecule has 1 amide bonds. The van der Waals surface area contributed by atoms with Gasteiger partial charge >= 0.3 is 0 Å². The first-order chi connectivity index (χ1) is 11.1. The smallest absolute Gasteiger partial charge is 0.225 e. The molecule has 23 heavy (non-hydrogen) atoms. The van der Waals surface area contributed by atoms with Crippen LogP contribution in [-0.2, 0) is 11.2 Å². The molecule has 1 saturated carbocycles. The van der Waals surface area contributed by atoms with E-state index in [0.29, 0.717) is 17.0 Å². The third-order valence-electron chi connectivity index (χ3n) is 5.20. The Morgan fingerprint density at radius 3 is 3.13 bits per heavy atom. The second kappa shape index (κ2) is 5.30. The first kappa shape index (κ1) is 14.6. The highest BCUT2D eigenvalue weighted by molar-refractivity contribution is 5.88. The number of benzene rings is 1. The van der Waals surface area contributed by atoms with Crippen molar-refractivity contribution in [2.45, 2.75) is 43.7 Å². The summed E-state index contributed by atoms with van der Waals surface area (Å²) in [5, 5.41) is 7.06. The number of fused-ring (bicyclic) bond motifs is 2. The van der Waals surface area contributed by atoms with Crippen LogP contribution >= 0.6 is 0 Å². The second-order valence-corrected chi connectivity index (χ2v) is 6.53. The lowest BCUT2D eigenvalue weighted by atomic mass is 9.92. The summed E-state index contributed by atoms with van der Waals surface area (Å²) in [5.41, 5.74) is 0.300. The van der Waals surface area contributed by atoms with Crippen LogP contribution in [0.2, 0.25) is 0 Å². The Kier molecular flexibility index (Phi) is 3.37. The molecule has 1 aromatic carbocycles. The fourth-order valence-electron chi connectivity index (χ4n) is 4.08. The molecule has 0 spiro atoms. The zero-order valence-corrected chi connectivity index (χ0v) is 12.6. The maximum absolute atomic E-state index is 13.7. The fraction of sp³-hybridized carbons (Fsp3) is 0.471. The van der Waals surface area contributed by atoms with Gasteiger partial charge in [0.15, 0.2) is 11.4 Å². The first-order valence-corrected chi connectivity index (χ1v) is 7.97. The Labute approximate surface area is 132 Å². The van der Waals surface area contributed by atoms with Crippen LogP contribution in [0.15, 0.2) is 22.8 Å². The van der Waals surface area contributed by atoms with E-state index in [1.54, 1.807) is 0 Å². The van der Waals surface area contributed by atoms with Gasteiger partial charge in [0.2, 0.25) is 11.7 Å². The summed E-state index contributed by atoms with van der Waals surface area (Å²) in [6.45, 7) is 0.921. The molecule has 2 N–H and O–H groups in total. The van der Waals surface area contributed by atoms with Crippen LogP contribution in [0, 0.1) is 11.6 Å². The standard InChI is InChI=1S/C17H18F2N2O2/c18-12-4-3-11-10(9-23-16(11)15(12)19)8-14(22)21-17-5-1-2-13(17)20-7-6-17/h3-4,9,13,20H,1-2,5-8H2,(H,21,22). The van der Waals surface area contributed by atoms with Gasteiger partial charge in [-0.25, -0.2) is 4.39 Å². The highest BCUT2D eigenvalue weighted by Gasteiger charge is 2.46. The zero-order chi connectivity index (χ0) is 16.0. The van der Waals surface area contributed by atoms with E-state index < -0.39 is 11.6 Å². The monoisotopic (exact) mass is 320 g/mol. The fourth-order valence-corrected chi connectivity index (χ4v) is 4.08. The molecule has 2 aliphatic rings. The number of halogens is 2.